The van der Waals surface area contributed by atoms with Crippen LogP contribution >= 0.6 is 0 Å². The largest absolute Gasteiger partial charge is 0.439 e. The predicted octanol–water partition coefficient (Wildman–Crippen LogP) is 0.0800. The van der Waals surface area contributed by atoms with Gasteiger partial charge in [0.05, 0.1) is 11.9 Å². The second-order valence-corrected chi connectivity index (χ2v) is 2.73. The molecule has 12 heavy (non-hydrogen) atoms. The monoisotopic (exact) mass is 238 g/mol. The molecule has 0 fully saturated rings. The number of amidine groups is 1. The molecular weight excluding hydrogens is 229 g/mol. The Morgan fingerprint density at radius 3 is 2.83 bits per heavy atom. The van der Waals surface area contributed by atoms with Crippen LogP contribution < -0.4 is 5.32 Å². The molecule has 2 aliphatic heterocycles. The Labute approximate surface area is 96.5 Å². The van der Waals surface area contributed by atoms with Crippen LogP contribution in [-0.2, 0) is 32.7 Å². The van der Waals surface area contributed by atoms with Crippen LogP contribution in [0.5, 0.6) is 0 Å². The van der Waals surface area contributed by atoms with Gasteiger partial charge in [0.2, 0.25) is 0 Å². The molecule has 0 aromatic rings. The van der Waals surface area contributed by atoms with Crippen LogP contribution in [0.3, 0.4) is 0 Å². The van der Waals surface area contributed by atoms with Crippen LogP contribution in [0, 0.1) is 0 Å². The van der Waals surface area contributed by atoms with E-state index < -0.39 is 0 Å². The molecule has 1 radical (unpaired) electrons. The topological polar surface area (TPSA) is 49.1 Å². The Morgan fingerprint density at radius 2 is 2.17 bits per heavy atom. The first kappa shape index (κ1) is 10.00. The maximum absolute atomic E-state index is 4.33. The molecule has 0 bridgehead atoms. The summed E-state index contributed by atoms with van der Waals surface area (Å²) >= 11 is 0. The van der Waals surface area contributed by atoms with Gasteiger partial charge in [0.25, 0.3) is 0 Å². The van der Waals surface area contributed by atoms with Gasteiger partial charge in [-0.05, 0) is 13.3 Å². The fourth-order valence-corrected chi connectivity index (χ4v) is 1.27. The number of nitrogens with one attached hydrogen (secondary N) is 1. The summed E-state index contributed by atoms with van der Waals surface area (Å²) in [4.78, 5) is 12.3. The molecule has 0 aromatic carbocycles. The van der Waals surface area contributed by atoms with Gasteiger partial charge in [-0.1, -0.05) is 6.92 Å². The van der Waals surface area contributed by atoms with Crippen molar-refractivity contribution in [1.29, 1.82) is 0 Å². The van der Waals surface area contributed by atoms with Crippen LogP contribution in [0.15, 0.2) is 15.0 Å². The number of hydrogen-bond acceptors (Lipinski definition) is 4. The number of hydrogen-bond donors (Lipinski definition) is 1. The first-order valence-electron chi connectivity index (χ1n) is 3.57. The van der Waals surface area contributed by atoms with Crippen molar-refractivity contribution in [2.75, 3.05) is 0 Å². The van der Waals surface area contributed by atoms with Crippen molar-refractivity contribution in [3.8, 4) is 0 Å². The molecule has 4 nitrogen and oxygen atoms in total. The summed E-state index contributed by atoms with van der Waals surface area (Å²) in [6, 6.07) is 0.108. The smallest absolute Gasteiger partial charge is 0.113 e. The van der Waals surface area contributed by atoms with E-state index in [9.17, 15) is 0 Å². The Bertz CT molecular complexity index is 269. The summed E-state index contributed by atoms with van der Waals surface area (Å²) in [5, 5.41) is 3.13. The molecule has 1 N–H and O–H groups in total. The minimum absolute atomic E-state index is 0. The summed E-state index contributed by atoms with van der Waals surface area (Å²) in [6.07, 6.45) is 2.65. The predicted molar refractivity (Wildman–Crippen MR) is 44.4 cm³/mol. The molecule has 2 atom stereocenters. The summed E-state index contributed by atoms with van der Waals surface area (Å²) in [6.45, 7) is 3.88. The zero-order chi connectivity index (χ0) is 7.84. The molecule has 2 heterocycles. The molecule has 0 aliphatic carbocycles. The molecule has 0 aromatic heterocycles. The minimum Gasteiger partial charge on any atom is -0.439 e. The summed E-state index contributed by atoms with van der Waals surface area (Å²) in [5.41, 5.74) is 0.981. The van der Waals surface area contributed by atoms with Crippen molar-refractivity contribution in [2.45, 2.75) is 26.1 Å². The molecule has 0 saturated carbocycles. The van der Waals surface area contributed by atoms with Crippen LogP contribution in [-0.4, -0.2) is 30.1 Å². The second kappa shape index (κ2) is 3.75. The van der Waals surface area contributed by atoms with Crippen molar-refractivity contribution in [3.63, 3.8) is 0 Å². The molecule has 0 saturated heterocycles. The quantitative estimate of drug-likeness (QED) is 0.597. The Morgan fingerprint density at radius 1 is 1.42 bits per heavy atom. The first-order chi connectivity index (χ1) is 5.27. The average molecular weight is 238 g/mol. The number of fused-ring (bicyclic) bond motifs is 1. The molecule has 2 unspecified atom stereocenters. The van der Waals surface area contributed by atoms with Gasteiger partial charge >= 0.3 is 0 Å². The van der Waals surface area contributed by atoms with E-state index in [0.717, 1.165) is 11.5 Å². The Hall–Kier alpha value is -0.0861. The second-order valence-electron chi connectivity index (χ2n) is 2.73. The Kier molecular flexibility index (Phi) is 3.12. The van der Waals surface area contributed by atoms with Gasteiger partial charge in [-0.25, -0.2) is 0 Å². The van der Waals surface area contributed by atoms with E-state index >= 15 is 0 Å². The van der Waals surface area contributed by atoms with Crippen LogP contribution in [0.25, 0.3) is 0 Å². The van der Waals surface area contributed by atoms with Gasteiger partial charge in [0.15, 0.2) is 0 Å². The van der Waals surface area contributed by atoms with Gasteiger partial charge in [0.1, 0.15) is 6.17 Å². The SMILES string of the molecule is CC1=NC2C(C)=N[C-]=NC2N1.[Y]. The minimum atomic E-state index is 0. The van der Waals surface area contributed by atoms with Gasteiger partial charge < -0.3 is 15.3 Å². The summed E-state index contributed by atoms with van der Waals surface area (Å²) < 4.78 is 0. The zero-order valence-electron chi connectivity index (χ0n) is 7.07. The summed E-state index contributed by atoms with van der Waals surface area (Å²) in [7, 11) is 0. The van der Waals surface area contributed by atoms with Crippen LogP contribution in [0.1, 0.15) is 13.8 Å². The fraction of sp³-hybridized carbons (Fsp3) is 0.571. The van der Waals surface area contributed by atoms with Crippen molar-refractivity contribution in [3.05, 3.63) is 0 Å². The van der Waals surface area contributed by atoms with E-state index in [2.05, 4.69) is 26.6 Å². The summed E-state index contributed by atoms with van der Waals surface area (Å²) in [5.74, 6) is 0.932. The van der Waals surface area contributed by atoms with E-state index in [4.69, 9.17) is 0 Å². The number of aliphatic imine (C=N–C) groups is 3. The third kappa shape index (κ3) is 1.64. The van der Waals surface area contributed by atoms with Gasteiger partial charge in [0, 0.05) is 32.7 Å². The third-order valence-electron chi connectivity index (χ3n) is 1.84. The van der Waals surface area contributed by atoms with Gasteiger partial charge in [-0.15, -0.1) is 5.71 Å². The van der Waals surface area contributed by atoms with Crippen LogP contribution in [0.4, 0.5) is 0 Å². The maximum Gasteiger partial charge on any atom is 0.113 e. The van der Waals surface area contributed by atoms with Crippen LogP contribution in [0.2, 0.25) is 0 Å². The normalized spacial score (nSPS) is 31.2. The number of nitrogens with zero attached hydrogens (tertiary/aromatic N) is 3. The molecule has 5 heteroatoms. The average Bonchev–Trinajstić information content (AvgIpc) is 2.31. The number of rotatable bonds is 0. The zero-order valence-corrected chi connectivity index (χ0v) is 9.91. The van der Waals surface area contributed by atoms with E-state index in [1.807, 2.05) is 13.8 Å². The Balaban J connectivity index is 0.000000720. The molecule has 0 spiro atoms. The van der Waals surface area contributed by atoms with E-state index in [1.165, 1.54) is 0 Å². The third-order valence-corrected chi connectivity index (χ3v) is 1.84. The standard InChI is InChI=1S/C7H9N4.Y/c1-4-6-7(9-3-8-4)11-5(2)10-6;/h6-7H,1-2H3,(H,10,11);/q-1;. The molecular formula is C7H9N4Y-. The van der Waals surface area contributed by atoms with Gasteiger partial charge in [-0.3, -0.25) is 4.99 Å². The fourth-order valence-electron chi connectivity index (χ4n) is 1.27. The van der Waals surface area contributed by atoms with E-state index in [-0.39, 0.29) is 44.9 Å². The van der Waals surface area contributed by atoms with E-state index in [0.29, 0.717) is 0 Å². The molecule has 2 aliphatic rings. The maximum atomic E-state index is 4.33. The van der Waals surface area contributed by atoms with Crippen molar-refractivity contribution in [1.82, 2.24) is 5.32 Å². The van der Waals surface area contributed by atoms with E-state index in [1.54, 1.807) is 0 Å². The molecule has 0 amide bonds. The molecule has 2 rings (SSSR count). The first-order valence-corrected chi connectivity index (χ1v) is 3.57. The molecule has 61 valence electrons. The van der Waals surface area contributed by atoms with Crippen molar-refractivity contribution < 1.29 is 32.7 Å². The van der Waals surface area contributed by atoms with Crippen molar-refractivity contribution in [2.24, 2.45) is 15.0 Å². The van der Waals surface area contributed by atoms with Crippen molar-refractivity contribution >= 4 is 17.9 Å². The van der Waals surface area contributed by atoms with Gasteiger partial charge in [-0.2, -0.15) is 0 Å².